The summed E-state index contributed by atoms with van der Waals surface area (Å²) in [5.74, 6) is 1.10. The number of rotatable bonds is 3. The maximum atomic E-state index is 5.95. The number of nitrogens with two attached hydrogens (primary N) is 1. The number of aromatic nitrogens is 1. The highest BCUT2D eigenvalue weighted by Crippen LogP contribution is 2.31. The van der Waals surface area contributed by atoms with Crippen LogP contribution in [0.3, 0.4) is 0 Å². The molecule has 1 aliphatic carbocycles. The third-order valence-electron chi connectivity index (χ3n) is 4.55. The van der Waals surface area contributed by atoms with Crippen molar-refractivity contribution in [3.05, 3.63) is 23.4 Å². The van der Waals surface area contributed by atoms with Gasteiger partial charge in [-0.2, -0.15) is 0 Å². The van der Waals surface area contributed by atoms with Gasteiger partial charge >= 0.3 is 0 Å². The number of hydrogen-bond donors (Lipinski definition) is 1. The number of aryl methyl sites for hydroxylation is 1. The molecule has 0 radical (unpaired) electrons. The quantitative estimate of drug-likeness (QED) is 0.919. The molecule has 20 heavy (non-hydrogen) atoms. The first-order valence-electron chi connectivity index (χ1n) is 7.90. The summed E-state index contributed by atoms with van der Waals surface area (Å²) in [6.07, 6.45) is 6.37. The van der Waals surface area contributed by atoms with E-state index in [1.807, 2.05) is 0 Å². The Labute approximate surface area is 121 Å². The van der Waals surface area contributed by atoms with Gasteiger partial charge in [-0.05, 0) is 37.0 Å². The van der Waals surface area contributed by atoms with E-state index >= 15 is 0 Å². The van der Waals surface area contributed by atoms with Crippen molar-refractivity contribution in [2.45, 2.75) is 57.7 Å². The minimum Gasteiger partial charge on any atom is -0.374 e. The maximum absolute atomic E-state index is 5.95. The lowest BCUT2D eigenvalue weighted by molar-refractivity contribution is -0.00900. The Kier molecular flexibility index (Phi) is 4.22. The summed E-state index contributed by atoms with van der Waals surface area (Å²) in [6.45, 7) is 4.50. The van der Waals surface area contributed by atoms with Crippen LogP contribution in [0.15, 0.2) is 12.1 Å². The minimum atomic E-state index is 0.394. The lowest BCUT2D eigenvalue weighted by atomic mass is 9.90. The van der Waals surface area contributed by atoms with Crippen LogP contribution in [-0.2, 0) is 17.7 Å². The van der Waals surface area contributed by atoms with Gasteiger partial charge in [-0.15, -0.1) is 0 Å². The largest absolute Gasteiger partial charge is 0.374 e. The highest BCUT2D eigenvalue weighted by molar-refractivity contribution is 5.45. The molecule has 2 unspecified atom stereocenters. The van der Waals surface area contributed by atoms with Gasteiger partial charge in [0.1, 0.15) is 5.82 Å². The zero-order valence-corrected chi connectivity index (χ0v) is 12.3. The molecule has 110 valence electrons. The molecule has 4 nitrogen and oxygen atoms in total. The van der Waals surface area contributed by atoms with Gasteiger partial charge in [0.2, 0.25) is 0 Å². The molecule has 2 N–H and O–H groups in total. The summed E-state index contributed by atoms with van der Waals surface area (Å²) in [4.78, 5) is 7.29. The number of pyridine rings is 1. The molecule has 2 fully saturated rings. The predicted molar refractivity (Wildman–Crippen MR) is 80.8 cm³/mol. The van der Waals surface area contributed by atoms with Crippen LogP contribution in [-0.4, -0.2) is 30.3 Å². The molecule has 0 aromatic carbocycles. The molecule has 0 bridgehead atoms. The lowest BCUT2D eigenvalue weighted by Gasteiger charge is -2.44. The summed E-state index contributed by atoms with van der Waals surface area (Å²) in [5, 5.41) is 0. The van der Waals surface area contributed by atoms with E-state index in [0.717, 1.165) is 31.1 Å². The van der Waals surface area contributed by atoms with E-state index in [9.17, 15) is 0 Å². The molecule has 3 rings (SSSR count). The summed E-state index contributed by atoms with van der Waals surface area (Å²) < 4.78 is 5.95. The van der Waals surface area contributed by atoms with Crippen LogP contribution in [0.1, 0.15) is 43.9 Å². The second-order valence-corrected chi connectivity index (χ2v) is 5.84. The third kappa shape index (κ3) is 2.67. The van der Waals surface area contributed by atoms with Crippen molar-refractivity contribution in [2.75, 3.05) is 18.1 Å². The monoisotopic (exact) mass is 275 g/mol. The third-order valence-corrected chi connectivity index (χ3v) is 4.55. The van der Waals surface area contributed by atoms with Gasteiger partial charge in [0, 0.05) is 18.8 Å². The second kappa shape index (κ2) is 6.10. The van der Waals surface area contributed by atoms with E-state index < -0.39 is 0 Å². The standard InChI is InChI=1S/C16H25N3O/c1-2-13-9-12(11-17)10-16(18-13)19-7-8-20-15-6-4-3-5-14(15)19/h9-10,14-15H,2-8,11,17H2,1H3. The molecule has 4 heteroatoms. The predicted octanol–water partition coefficient (Wildman–Crippen LogP) is 2.25. The van der Waals surface area contributed by atoms with E-state index in [2.05, 4.69) is 24.0 Å². The minimum absolute atomic E-state index is 0.394. The first-order valence-corrected chi connectivity index (χ1v) is 7.90. The Morgan fingerprint density at radius 1 is 1.35 bits per heavy atom. The van der Waals surface area contributed by atoms with Crippen molar-refractivity contribution in [1.82, 2.24) is 4.98 Å². The van der Waals surface area contributed by atoms with Crippen LogP contribution in [0.2, 0.25) is 0 Å². The van der Waals surface area contributed by atoms with Crippen LogP contribution in [0.25, 0.3) is 0 Å². The number of anilines is 1. The van der Waals surface area contributed by atoms with E-state index in [1.165, 1.54) is 31.2 Å². The van der Waals surface area contributed by atoms with Gasteiger partial charge < -0.3 is 15.4 Å². The molecule has 0 amide bonds. The molecule has 1 saturated heterocycles. The normalized spacial score (nSPS) is 26.4. The second-order valence-electron chi connectivity index (χ2n) is 5.84. The molecular weight excluding hydrogens is 250 g/mol. The highest BCUT2D eigenvalue weighted by atomic mass is 16.5. The molecule has 1 aliphatic heterocycles. The van der Waals surface area contributed by atoms with Crippen LogP contribution in [0.5, 0.6) is 0 Å². The van der Waals surface area contributed by atoms with Crippen LogP contribution >= 0.6 is 0 Å². The average molecular weight is 275 g/mol. The van der Waals surface area contributed by atoms with Crippen LogP contribution < -0.4 is 10.6 Å². The van der Waals surface area contributed by atoms with Gasteiger partial charge in [0.25, 0.3) is 0 Å². The number of nitrogens with zero attached hydrogens (tertiary/aromatic N) is 2. The Morgan fingerprint density at radius 3 is 3.00 bits per heavy atom. The topological polar surface area (TPSA) is 51.4 Å². The smallest absolute Gasteiger partial charge is 0.129 e. The average Bonchev–Trinajstić information content (AvgIpc) is 2.53. The van der Waals surface area contributed by atoms with E-state index in [1.54, 1.807) is 0 Å². The lowest BCUT2D eigenvalue weighted by Crippen LogP contribution is -2.53. The van der Waals surface area contributed by atoms with E-state index in [4.69, 9.17) is 15.5 Å². The van der Waals surface area contributed by atoms with Gasteiger partial charge in [0.05, 0.1) is 18.8 Å². The van der Waals surface area contributed by atoms with Crippen molar-refractivity contribution in [3.8, 4) is 0 Å². The van der Waals surface area contributed by atoms with Crippen molar-refractivity contribution < 1.29 is 4.74 Å². The van der Waals surface area contributed by atoms with Gasteiger partial charge in [-0.1, -0.05) is 19.8 Å². The maximum Gasteiger partial charge on any atom is 0.129 e. The molecule has 1 aromatic rings. The van der Waals surface area contributed by atoms with E-state index in [-0.39, 0.29) is 0 Å². The Bertz CT molecular complexity index is 439. The summed E-state index contributed by atoms with van der Waals surface area (Å²) in [5.41, 5.74) is 8.16. The van der Waals surface area contributed by atoms with Gasteiger partial charge in [-0.25, -0.2) is 4.98 Å². The molecule has 1 aromatic heterocycles. The molecular formula is C16H25N3O. The number of ether oxygens (including phenoxy) is 1. The highest BCUT2D eigenvalue weighted by Gasteiger charge is 2.34. The van der Waals surface area contributed by atoms with Gasteiger partial charge in [0.15, 0.2) is 0 Å². The Morgan fingerprint density at radius 2 is 2.20 bits per heavy atom. The fourth-order valence-electron chi connectivity index (χ4n) is 3.46. The SMILES string of the molecule is CCc1cc(CN)cc(N2CCOC3CCCCC32)n1. The Balaban J connectivity index is 1.90. The molecule has 2 atom stereocenters. The first kappa shape index (κ1) is 13.8. The summed E-state index contributed by atoms with van der Waals surface area (Å²) in [6, 6.07) is 4.79. The van der Waals surface area contributed by atoms with Crippen molar-refractivity contribution in [1.29, 1.82) is 0 Å². The number of hydrogen-bond acceptors (Lipinski definition) is 4. The van der Waals surface area contributed by atoms with Crippen molar-refractivity contribution in [3.63, 3.8) is 0 Å². The van der Waals surface area contributed by atoms with Crippen LogP contribution in [0, 0.1) is 0 Å². The zero-order valence-electron chi connectivity index (χ0n) is 12.3. The fraction of sp³-hybridized carbons (Fsp3) is 0.688. The van der Waals surface area contributed by atoms with Crippen LogP contribution in [0.4, 0.5) is 5.82 Å². The number of fused-ring (bicyclic) bond motifs is 1. The summed E-state index contributed by atoms with van der Waals surface area (Å²) in [7, 11) is 0. The molecule has 0 spiro atoms. The van der Waals surface area contributed by atoms with Crippen molar-refractivity contribution in [2.24, 2.45) is 5.73 Å². The molecule has 1 saturated carbocycles. The molecule has 2 aliphatic rings. The van der Waals surface area contributed by atoms with Crippen molar-refractivity contribution >= 4 is 5.82 Å². The summed E-state index contributed by atoms with van der Waals surface area (Å²) >= 11 is 0. The van der Waals surface area contributed by atoms with E-state index in [0.29, 0.717) is 18.7 Å². The zero-order chi connectivity index (χ0) is 13.9. The first-order chi connectivity index (χ1) is 9.81. The molecule has 2 heterocycles. The fourth-order valence-corrected chi connectivity index (χ4v) is 3.46. The Hall–Kier alpha value is -1.13. The van der Waals surface area contributed by atoms with Gasteiger partial charge in [-0.3, -0.25) is 0 Å². The number of morpholine rings is 1.